The highest BCUT2D eigenvalue weighted by atomic mass is 16.5. The number of benzene rings is 2. The molecular formula is C35H42N4O7. The number of methoxy groups -OCH3 is 3. The Morgan fingerprint density at radius 2 is 1.50 bits per heavy atom. The van der Waals surface area contributed by atoms with Crippen LogP contribution in [0.5, 0.6) is 17.2 Å². The van der Waals surface area contributed by atoms with Crippen LogP contribution in [0.25, 0.3) is 11.1 Å². The third-order valence-corrected chi connectivity index (χ3v) is 7.80. The number of unbranched alkanes of at least 4 members (excludes halogenated alkanes) is 2. The highest BCUT2D eigenvalue weighted by molar-refractivity contribution is 5.92. The van der Waals surface area contributed by atoms with Crippen molar-refractivity contribution in [2.45, 2.75) is 58.4 Å². The van der Waals surface area contributed by atoms with Crippen LogP contribution in [-0.4, -0.2) is 45.6 Å². The molecule has 0 fully saturated rings. The number of ether oxygens (including phenoxy) is 3. The molecule has 1 aliphatic rings. The van der Waals surface area contributed by atoms with E-state index in [1.165, 1.54) is 13.8 Å². The smallest absolute Gasteiger partial charge is 0.224 e. The number of hydrogen-bond acceptors (Lipinski definition) is 8. The van der Waals surface area contributed by atoms with Crippen LogP contribution in [-0.2, 0) is 20.8 Å². The zero-order valence-electron chi connectivity index (χ0n) is 27.0. The molecule has 11 nitrogen and oxygen atoms in total. The molecule has 0 spiro atoms. The predicted molar refractivity (Wildman–Crippen MR) is 179 cm³/mol. The summed E-state index contributed by atoms with van der Waals surface area (Å²) < 4.78 is 17.1. The maximum absolute atomic E-state index is 13.5. The van der Waals surface area contributed by atoms with E-state index in [9.17, 15) is 19.2 Å². The second-order valence-electron chi connectivity index (χ2n) is 11.1. The highest BCUT2D eigenvalue weighted by Gasteiger charge is 2.29. The van der Waals surface area contributed by atoms with E-state index in [2.05, 4.69) is 21.3 Å². The van der Waals surface area contributed by atoms with Gasteiger partial charge in [0.05, 0.1) is 33.1 Å². The van der Waals surface area contributed by atoms with Crippen LogP contribution >= 0.6 is 0 Å². The van der Waals surface area contributed by atoms with Crippen LogP contribution in [0.2, 0.25) is 0 Å². The number of hydrogen-bond donors (Lipinski definition) is 4. The summed E-state index contributed by atoms with van der Waals surface area (Å²) in [5.74, 6) is 1.07. The van der Waals surface area contributed by atoms with Gasteiger partial charge in [-0.1, -0.05) is 12.5 Å². The Bertz CT molecular complexity index is 1640. The van der Waals surface area contributed by atoms with Crippen LogP contribution in [0.15, 0.2) is 53.3 Å². The van der Waals surface area contributed by atoms with E-state index in [4.69, 9.17) is 14.2 Å². The summed E-state index contributed by atoms with van der Waals surface area (Å²) >= 11 is 0. The van der Waals surface area contributed by atoms with Crippen molar-refractivity contribution in [3.8, 4) is 28.4 Å². The molecule has 0 aliphatic heterocycles. The maximum atomic E-state index is 13.5. The van der Waals surface area contributed by atoms with Crippen LogP contribution in [0.3, 0.4) is 0 Å². The largest absolute Gasteiger partial charge is 0.493 e. The quantitative estimate of drug-likeness (QED) is 0.183. The molecule has 4 N–H and O–H groups in total. The number of carbonyl (C=O) groups excluding carboxylic acids is 3. The first-order valence-electron chi connectivity index (χ1n) is 15.3. The number of carbonyl (C=O) groups is 3. The van der Waals surface area contributed by atoms with E-state index in [0.717, 1.165) is 29.5 Å². The van der Waals surface area contributed by atoms with Gasteiger partial charge < -0.3 is 35.5 Å². The summed E-state index contributed by atoms with van der Waals surface area (Å²) in [6, 6.07) is 13.7. The van der Waals surface area contributed by atoms with Gasteiger partial charge in [-0.2, -0.15) is 0 Å². The molecule has 3 amide bonds. The zero-order valence-corrected chi connectivity index (χ0v) is 27.0. The van der Waals surface area contributed by atoms with Crippen molar-refractivity contribution >= 4 is 34.8 Å². The third kappa shape index (κ3) is 8.35. The fourth-order valence-electron chi connectivity index (χ4n) is 5.73. The summed E-state index contributed by atoms with van der Waals surface area (Å²) in [5, 5.41) is 11.8. The van der Waals surface area contributed by atoms with E-state index in [1.807, 2.05) is 12.1 Å². The molecule has 4 rings (SSSR count). The molecule has 1 unspecified atom stereocenters. The first-order chi connectivity index (χ1) is 22.1. The lowest BCUT2D eigenvalue weighted by Gasteiger charge is -2.19. The van der Waals surface area contributed by atoms with Crippen LogP contribution in [0, 0.1) is 0 Å². The fourth-order valence-corrected chi connectivity index (χ4v) is 5.73. The average Bonchev–Trinajstić information content (AvgIpc) is 3.26. The molecule has 0 aromatic heterocycles. The fraction of sp³-hybridized carbons (Fsp3) is 0.371. The van der Waals surface area contributed by atoms with Gasteiger partial charge in [-0.05, 0) is 84.8 Å². The Morgan fingerprint density at radius 3 is 2.13 bits per heavy atom. The highest BCUT2D eigenvalue weighted by Crippen LogP contribution is 2.50. The van der Waals surface area contributed by atoms with Gasteiger partial charge in [-0.25, -0.2) is 0 Å². The van der Waals surface area contributed by atoms with E-state index in [0.29, 0.717) is 72.1 Å². The Labute approximate surface area is 269 Å². The van der Waals surface area contributed by atoms with Gasteiger partial charge in [-0.3, -0.25) is 19.2 Å². The summed E-state index contributed by atoms with van der Waals surface area (Å²) in [4.78, 5) is 49.2. The number of aryl methyl sites for hydroxylation is 1. The molecule has 0 heterocycles. The SMILES string of the molecule is COc1cc2c(c(OC)c1OC)-c1ccc(NCCCCCC(=O)Nc3ccc(NC(C)=O)cc3)c(=O)cc1C(NC(C)=O)CC2. The minimum Gasteiger partial charge on any atom is -0.493 e. The number of fused-ring (bicyclic) bond motifs is 3. The van der Waals surface area contributed by atoms with Crippen molar-refractivity contribution in [2.24, 2.45) is 0 Å². The lowest BCUT2D eigenvalue weighted by atomic mass is 9.95. The van der Waals surface area contributed by atoms with Gasteiger partial charge in [0.15, 0.2) is 11.5 Å². The molecule has 0 saturated carbocycles. The minimum atomic E-state index is -0.379. The van der Waals surface area contributed by atoms with Gasteiger partial charge in [0.1, 0.15) is 0 Å². The maximum Gasteiger partial charge on any atom is 0.224 e. The molecule has 1 aliphatic carbocycles. The Morgan fingerprint density at radius 1 is 0.804 bits per heavy atom. The van der Waals surface area contributed by atoms with Crippen molar-refractivity contribution in [1.29, 1.82) is 0 Å². The van der Waals surface area contributed by atoms with E-state index in [-0.39, 0.29) is 29.2 Å². The van der Waals surface area contributed by atoms with Crippen molar-refractivity contribution in [3.05, 3.63) is 69.9 Å². The minimum absolute atomic E-state index is 0.0858. The van der Waals surface area contributed by atoms with Crippen LogP contribution in [0.1, 0.15) is 63.1 Å². The summed E-state index contributed by atoms with van der Waals surface area (Å²) in [6.45, 7) is 3.46. The van der Waals surface area contributed by atoms with Crippen molar-refractivity contribution in [2.75, 3.05) is 43.8 Å². The summed E-state index contributed by atoms with van der Waals surface area (Å²) in [7, 11) is 4.69. The normalized spacial score (nSPS) is 13.3. The van der Waals surface area contributed by atoms with Gasteiger partial charge in [0, 0.05) is 43.8 Å². The van der Waals surface area contributed by atoms with Crippen molar-refractivity contribution in [3.63, 3.8) is 0 Å². The van der Waals surface area contributed by atoms with Gasteiger partial charge in [-0.15, -0.1) is 0 Å². The molecule has 1 atom stereocenters. The third-order valence-electron chi connectivity index (χ3n) is 7.80. The molecule has 3 aromatic carbocycles. The Balaban J connectivity index is 1.44. The van der Waals surface area contributed by atoms with Gasteiger partial charge in [0.2, 0.25) is 28.9 Å². The molecule has 0 radical (unpaired) electrons. The van der Waals surface area contributed by atoms with E-state index < -0.39 is 0 Å². The Kier molecular flexibility index (Phi) is 11.6. The predicted octanol–water partition coefficient (Wildman–Crippen LogP) is 5.43. The van der Waals surface area contributed by atoms with Crippen molar-refractivity contribution in [1.82, 2.24) is 5.32 Å². The molecule has 0 bridgehead atoms. The number of nitrogens with one attached hydrogen (secondary N) is 4. The monoisotopic (exact) mass is 630 g/mol. The molecular weight excluding hydrogens is 588 g/mol. The van der Waals surface area contributed by atoms with E-state index >= 15 is 0 Å². The zero-order chi connectivity index (χ0) is 33.2. The lowest BCUT2D eigenvalue weighted by molar-refractivity contribution is -0.120. The molecule has 3 aromatic rings. The van der Waals surface area contributed by atoms with Gasteiger partial charge >= 0.3 is 0 Å². The second-order valence-corrected chi connectivity index (χ2v) is 11.1. The first kappa shape index (κ1) is 33.8. The van der Waals surface area contributed by atoms with E-state index in [1.54, 1.807) is 57.7 Å². The number of amides is 3. The summed E-state index contributed by atoms with van der Waals surface area (Å²) in [6.07, 6.45) is 3.82. The second kappa shape index (κ2) is 15.8. The average molecular weight is 631 g/mol. The first-order valence-corrected chi connectivity index (χ1v) is 15.3. The number of rotatable bonds is 13. The Hall–Kier alpha value is -5.06. The standard InChI is InChI=1S/C35H42N4O7/c1-21(40)37-24-11-13-25(14-12-24)39-32(43)9-7-6-8-18-36-29-17-15-26-27(20-30(29)42)28(38-22(2)41)16-10-23-19-31(44-3)34(45-4)35(46-5)33(23)26/h11-15,17,19-20,28H,6-10,16,18H2,1-5H3,(H,36,42)(H,37,40)(H,38,41)(H,39,43). The van der Waals surface area contributed by atoms with Gasteiger partial charge in [0.25, 0.3) is 0 Å². The molecule has 0 saturated heterocycles. The van der Waals surface area contributed by atoms with Crippen LogP contribution < -0.4 is 40.9 Å². The molecule has 244 valence electrons. The lowest BCUT2D eigenvalue weighted by Crippen LogP contribution is -2.26. The summed E-state index contributed by atoms with van der Waals surface area (Å²) in [5.41, 5.74) is 4.81. The van der Waals surface area contributed by atoms with Crippen molar-refractivity contribution < 1.29 is 28.6 Å². The van der Waals surface area contributed by atoms with Crippen LogP contribution in [0.4, 0.5) is 17.1 Å². The molecule has 46 heavy (non-hydrogen) atoms. The topological polar surface area (TPSA) is 144 Å². The number of anilines is 3. The molecule has 11 heteroatoms.